The largest absolute Gasteiger partial charge is 0.391 e. The van der Waals surface area contributed by atoms with Gasteiger partial charge in [-0.2, -0.15) is 0 Å². The number of amides is 3. The number of rotatable bonds is 6. The van der Waals surface area contributed by atoms with Crippen molar-refractivity contribution in [3.8, 4) is 10.4 Å². The smallest absolute Gasteiger partial charge is 0.256 e. The van der Waals surface area contributed by atoms with Crippen LogP contribution in [-0.4, -0.2) is 68.1 Å². The summed E-state index contributed by atoms with van der Waals surface area (Å²) >= 11 is 1.58. The molecule has 0 radical (unpaired) electrons. The number of aliphatic hydroxyl groups excluding tert-OH is 1. The van der Waals surface area contributed by atoms with Crippen molar-refractivity contribution in [1.82, 2.24) is 14.8 Å². The highest BCUT2D eigenvalue weighted by Gasteiger charge is 2.49. The number of aliphatic imine (C=N–C) groups is 1. The minimum Gasteiger partial charge on any atom is -0.391 e. The lowest BCUT2D eigenvalue weighted by atomic mass is 9.78. The molecule has 4 atom stereocenters. The number of fused-ring (bicyclic) bond motifs is 1. The highest BCUT2D eigenvalue weighted by atomic mass is 32.1. The number of carbonyl (C=O) groups is 3. The van der Waals surface area contributed by atoms with Crippen molar-refractivity contribution in [3.05, 3.63) is 76.4 Å². The van der Waals surface area contributed by atoms with Gasteiger partial charge in [0.1, 0.15) is 6.04 Å². The molecule has 1 N–H and O–H groups in total. The van der Waals surface area contributed by atoms with E-state index in [0.29, 0.717) is 30.7 Å². The normalized spacial score (nSPS) is 24.8. The second-order valence-electron chi connectivity index (χ2n) is 11.9. The summed E-state index contributed by atoms with van der Waals surface area (Å²) in [5, 5.41) is 10.7. The summed E-state index contributed by atoms with van der Waals surface area (Å²) in [5.41, 5.74) is 6.01. The van der Waals surface area contributed by atoms with E-state index >= 15 is 0 Å². The van der Waals surface area contributed by atoms with Crippen LogP contribution in [0.3, 0.4) is 0 Å². The molecule has 1 saturated heterocycles. The molecule has 4 heterocycles. The van der Waals surface area contributed by atoms with Crippen molar-refractivity contribution in [2.75, 3.05) is 6.54 Å². The number of hydrogen-bond acceptors (Lipinski definition) is 6. The van der Waals surface area contributed by atoms with E-state index in [9.17, 15) is 19.5 Å². The van der Waals surface area contributed by atoms with Gasteiger partial charge in [0.15, 0.2) is 0 Å². The molecule has 2 aromatic carbocycles. The Bertz CT molecular complexity index is 1560. The Morgan fingerprint density at radius 3 is 2.51 bits per heavy atom. The zero-order chi connectivity index (χ0) is 29.1. The molecule has 3 aromatic rings. The maximum Gasteiger partial charge on any atom is 0.256 e. The fourth-order valence-electron chi connectivity index (χ4n) is 6.54. The maximum atomic E-state index is 14.2. The summed E-state index contributed by atoms with van der Waals surface area (Å²) in [7, 11) is 0. The van der Waals surface area contributed by atoms with E-state index in [0.717, 1.165) is 27.3 Å². The monoisotopic (exact) mass is 570 g/mol. The van der Waals surface area contributed by atoms with Crippen LogP contribution in [0.5, 0.6) is 0 Å². The molecule has 3 amide bonds. The Morgan fingerprint density at radius 1 is 1.12 bits per heavy atom. The molecule has 1 aromatic heterocycles. The zero-order valence-corrected chi connectivity index (χ0v) is 24.5. The summed E-state index contributed by atoms with van der Waals surface area (Å²) in [6.07, 6.45) is -0.0436. The fraction of sp³-hybridized carbons (Fsp3) is 0.406. The first-order valence-corrected chi connectivity index (χ1v) is 15.0. The summed E-state index contributed by atoms with van der Waals surface area (Å²) < 4.78 is 0. The lowest BCUT2D eigenvalue weighted by Gasteiger charge is -2.35. The van der Waals surface area contributed by atoms with Crippen molar-refractivity contribution >= 4 is 34.8 Å². The van der Waals surface area contributed by atoms with E-state index in [1.54, 1.807) is 27.2 Å². The highest BCUT2D eigenvalue weighted by molar-refractivity contribution is 7.13. The molecule has 41 heavy (non-hydrogen) atoms. The van der Waals surface area contributed by atoms with E-state index in [2.05, 4.69) is 9.98 Å². The van der Waals surface area contributed by atoms with Crippen molar-refractivity contribution in [2.45, 2.75) is 70.7 Å². The number of benzene rings is 2. The molecule has 212 valence electrons. The topological polar surface area (TPSA) is 103 Å². The van der Waals surface area contributed by atoms with Crippen LogP contribution in [0.4, 0.5) is 0 Å². The molecule has 1 fully saturated rings. The Balaban J connectivity index is 1.24. The van der Waals surface area contributed by atoms with Crippen LogP contribution < -0.4 is 0 Å². The van der Waals surface area contributed by atoms with Gasteiger partial charge in [-0.05, 0) is 42.5 Å². The molecule has 0 bridgehead atoms. The van der Waals surface area contributed by atoms with Crippen LogP contribution in [0.15, 0.2) is 59.0 Å². The molecule has 0 aliphatic carbocycles. The van der Waals surface area contributed by atoms with Crippen LogP contribution in [0, 0.1) is 12.8 Å². The molecule has 9 heteroatoms. The van der Waals surface area contributed by atoms with Crippen LogP contribution in [0.2, 0.25) is 0 Å². The molecule has 3 aliphatic rings. The van der Waals surface area contributed by atoms with Gasteiger partial charge in [0.05, 0.1) is 33.6 Å². The number of likely N-dealkylation sites (tertiary alicyclic amines) is 1. The lowest BCUT2D eigenvalue weighted by molar-refractivity contribution is -0.138. The van der Waals surface area contributed by atoms with Crippen molar-refractivity contribution < 1.29 is 19.5 Å². The number of thiazole rings is 1. The van der Waals surface area contributed by atoms with Gasteiger partial charge >= 0.3 is 0 Å². The first kappa shape index (κ1) is 27.5. The van der Waals surface area contributed by atoms with Crippen molar-refractivity contribution in [2.24, 2.45) is 10.9 Å². The van der Waals surface area contributed by atoms with E-state index in [1.165, 1.54) is 0 Å². The number of aryl methyl sites for hydroxylation is 1. The Hall–Kier alpha value is -3.69. The summed E-state index contributed by atoms with van der Waals surface area (Å²) in [4.78, 5) is 54.1. The molecular weight excluding hydrogens is 536 g/mol. The van der Waals surface area contributed by atoms with Gasteiger partial charge in [0.2, 0.25) is 5.91 Å². The zero-order valence-electron chi connectivity index (χ0n) is 23.7. The van der Waals surface area contributed by atoms with Crippen LogP contribution >= 0.6 is 11.3 Å². The van der Waals surface area contributed by atoms with E-state index in [-0.39, 0.29) is 30.2 Å². The third kappa shape index (κ3) is 4.61. The molecule has 8 nitrogen and oxygen atoms in total. The van der Waals surface area contributed by atoms with Gasteiger partial charge in [0.25, 0.3) is 11.8 Å². The van der Waals surface area contributed by atoms with Gasteiger partial charge in [-0.3, -0.25) is 14.4 Å². The number of carbonyl (C=O) groups excluding carboxylic acids is 3. The number of aromatic nitrogens is 1. The third-order valence-corrected chi connectivity index (χ3v) is 9.78. The summed E-state index contributed by atoms with van der Waals surface area (Å²) in [5.74, 6) is -0.747. The number of nitrogens with zero attached hydrogens (tertiary/aromatic N) is 4. The predicted molar refractivity (Wildman–Crippen MR) is 158 cm³/mol. The minimum atomic E-state index is -0.858. The average molecular weight is 571 g/mol. The standard InChI is InChI=1S/C32H34N4O4S/c1-18(2)27(36-15-21-7-5-6-8-24(21)29(36)38)30(39)35-16-23(37)13-26(35)25-14-32(4,31(40)34-25)22-11-9-20(10-12-22)28-19(3)33-17-41-28/h5-12,17-18,23,26-27,37H,13-16H2,1-4H3. The van der Waals surface area contributed by atoms with Gasteiger partial charge < -0.3 is 14.9 Å². The Labute approximate surface area is 243 Å². The first-order valence-electron chi connectivity index (χ1n) is 14.1. The summed E-state index contributed by atoms with van der Waals surface area (Å²) in [6.45, 7) is 8.27. The molecule has 3 aliphatic heterocycles. The fourth-order valence-corrected chi connectivity index (χ4v) is 7.35. The molecule has 0 spiro atoms. The minimum absolute atomic E-state index is 0.141. The van der Waals surface area contributed by atoms with Crippen molar-refractivity contribution in [1.29, 1.82) is 0 Å². The maximum absolute atomic E-state index is 14.2. The SMILES string of the molecule is Cc1ncsc1-c1ccc(C2(C)CC(C3CC(O)CN3C(=O)C(C(C)C)N3Cc4ccccc4C3=O)=NC2=O)cc1. The Kier molecular flexibility index (Phi) is 6.90. The number of aliphatic hydroxyl groups is 1. The van der Waals surface area contributed by atoms with E-state index < -0.39 is 23.6 Å². The quantitative estimate of drug-likeness (QED) is 0.474. The second-order valence-corrected chi connectivity index (χ2v) is 12.8. The van der Waals surface area contributed by atoms with E-state index in [4.69, 9.17) is 0 Å². The van der Waals surface area contributed by atoms with E-state index in [1.807, 2.05) is 75.7 Å². The highest BCUT2D eigenvalue weighted by Crippen LogP contribution is 2.39. The molecule has 6 rings (SSSR count). The second kappa shape index (κ2) is 10.3. The third-order valence-electron chi connectivity index (χ3n) is 8.80. The van der Waals surface area contributed by atoms with Crippen molar-refractivity contribution in [3.63, 3.8) is 0 Å². The van der Waals surface area contributed by atoms with Crippen LogP contribution in [0.1, 0.15) is 60.8 Å². The first-order chi connectivity index (χ1) is 19.6. The van der Waals surface area contributed by atoms with Gasteiger partial charge in [0, 0.05) is 37.2 Å². The number of hydrogen-bond donors (Lipinski definition) is 1. The lowest BCUT2D eigenvalue weighted by Crippen LogP contribution is -2.54. The van der Waals surface area contributed by atoms with Gasteiger partial charge in [-0.15, -0.1) is 11.3 Å². The molecule has 4 unspecified atom stereocenters. The predicted octanol–water partition coefficient (Wildman–Crippen LogP) is 4.39. The molecule has 0 saturated carbocycles. The van der Waals surface area contributed by atoms with Gasteiger partial charge in [-0.25, -0.2) is 9.98 Å². The van der Waals surface area contributed by atoms with Crippen LogP contribution in [0.25, 0.3) is 10.4 Å². The van der Waals surface area contributed by atoms with Crippen LogP contribution in [-0.2, 0) is 21.5 Å². The molecular formula is C32H34N4O4S. The Morgan fingerprint density at radius 2 is 1.85 bits per heavy atom. The summed E-state index contributed by atoms with van der Waals surface area (Å²) in [6, 6.07) is 14.2. The van der Waals surface area contributed by atoms with Gasteiger partial charge in [-0.1, -0.05) is 56.3 Å². The average Bonchev–Trinajstić information content (AvgIpc) is 3.71. The number of β-amino-alcohol motifs (C(OH)–C–C–N with tert-alkyl or cyclic N) is 1.